The predicted octanol–water partition coefficient (Wildman–Crippen LogP) is 2.67. The van der Waals surface area contributed by atoms with Gasteiger partial charge in [-0.05, 0) is 30.5 Å². The minimum absolute atomic E-state index is 0.143. The number of ether oxygens (including phenoxy) is 4. The lowest BCUT2D eigenvalue weighted by atomic mass is 10.1. The van der Waals surface area contributed by atoms with Crippen molar-refractivity contribution in [2.75, 3.05) is 20.3 Å². The van der Waals surface area contributed by atoms with Crippen molar-refractivity contribution in [3.8, 4) is 11.5 Å². The zero-order valence-electron chi connectivity index (χ0n) is 10.6. The van der Waals surface area contributed by atoms with Crippen LogP contribution in [0.1, 0.15) is 30.9 Å². The van der Waals surface area contributed by atoms with E-state index in [4.69, 9.17) is 18.9 Å². The van der Waals surface area contributed by atoms with E-state index in [2.05, 4.69) is 0 Å². The maximum Gasteiger partial charge on any atom is 0.200 e. The van der Waals surface area contributed by atoms with Gasteiger partial charge in [0.1, 0.15) is 6.10 Å². The van der Waals surface area contributed by atoms with Gasteiger partial charge in [-0.3, -0.25) is 0 Å². The SMILES string of the molecule is COc1cc(C2CO2)ccc1OC1CCCCO1. The fourth-order valence-electron chi connectivity index (χ4n) is 2.17. The molecule has 0 saturated carbocycles. The maximum atomic E-state index is 5.84. The first-order valence-electron chi connectivity index (χ1n) is 6.44. The molecule has 0 amide bonds. The fraction of sp³-hybridized carbons (Fsp3) is 0.571. The van der Waals surface area contributed by atoms with Gasteiger partial charge in [0.05, 0.1) is 20.3 Å². The number of epoxide rings is 1. The van der Waals surface area contributed by atoms with E-state index >= 15 is 0 Å². The number of methoxy groups -OCH3 is 1. The van der Waals surface area contributed by atoms with Gasteiger partial charge in [-0.15, -0.1) is 0 Å². The first-order chi connectivity index (χ1) is 8.86. The summed E-state index contributed by atoms with van der Waals surface area (Å²) in [7, 11) is 1.65. The van der Waals surface area contributed by atoms with Crippen LogP contribution in [0.3, 0.4) is 0 Å². The second kappa shape index (κ2) is 5.16. The van der Waals surface area contributed by atoms with Crippen LogP contribution in [-0.4, -0.2) is 26.6 Å². The molecule has 2 aliphatic heterocycles. The van der Waals surface area contributed by atoms with Crippen LogP contribution in [0.25, 0.3) is 0 Å². The number of rotatable bonds is 4. The van der Waals surface area contributed by atoms with E-state index in [0.717, 1.165) is 49.5 Å². The molecule has 2 heterocycles. The van der Waals surface area contributed by atoms with E-state index in [1.165, 1.54) is 0 Å². The smallest absolute Gasteiger partial charge is 0.200 e. The molecule has 0 N–H and O–H groups in total. The molecule has 0 radical (unpaired) electrons. The highest BCUT2D eigenvalue weighted by atomic mass is 16.7. The first kappa shape index (κ1) is 11.8. The monoisotopic (exact) mass is 250 g/mol. The molecular weight excluding hydrogens is 232 g/mol. The summed E-state index contributed by atoms with van der Waals surface area (Å²) < 4.78 is 22.0. The molecule has 2 saturated heterocycles. The Labute approximate surface area is 107 Å². The molecule has 2 fully saturated rings. The molecule has 18 heavy (non-hydrogen) atoms. The van der Waals surface area contributed by atoms with Gasteiger partial charge in [0.15, 0.2) is 17.8 Å². The van der Waals surface area contributed by atoms with Crippen LogP contribution >= 0.6 is 0 Å². The zero-order valence-corrected chi connectivity index (χ0v) is 10.6. The van der Waals surface area contributed by atoms with E-state index in [0.29, 0.717) is 0 Å². The van der Waals surface area contributed by atoms with Gasteiger partial charge in [-0.25, -0.2) is 0 Å². The van der Waals surface area contributed by atoms with E-state index in [-0.39, 0.29) is 12.4 Å². The molecule has 2 atom stereocenters. The van der Waals surface area contributed by atoms with Crippen LogP contribution in [-0.2, 0) is 9.47 Å². The van der Waals surface area contributed by atoms with Gasteiger partial charge >= 0.3 is 0 Å². The van der Waals surface area contributed by atoms with Crippen molar-refractivity contribution < 1.29 is 18.9 Å². The average molecular weight is 250 g/mol. The van der Waals surface area contributed by atoms with Crippen LogP contribution in [0.2, 0.25) is 0 Å². The summed E-state index contributed by atoms with van der Waals surface area (Å²) in [5, 5.41) is 0. The van der Waals surface area contributed by atoms with Gasteiger partial charge in [0.25, 0.3) is 0 Å². The number of hydrogen-bond acceptors (Lipinski definition) is 4. The second-order valence-electron chi connectivity index (χ2n) is 4.65. The summed E-state index contributed by atoms with van der Waals surface area (Å²) in [6.45, 7) is 1.58. The summed E-state index contributed by atoms with van der Waals surface area (Å²) >= 11 is 0. The van der Waals surface area contributed by atoms with Crippen molar-refractivity contribution in [2.45, 2.75) is 31.7 Å². The van der Waals surface area contributed by atoms with Gasteiger partial charge in [0.2, 0.25) is 0 Å². The number of benzene rings is 1. The molecule has 2 aliphatic rings. The highest BCUT2D eigenvalue weighted by Gasteiger charge is 2.26. The third-order valence-electron chi connectivity index (χ3n) is 3.29. The lowest BCUT2D eigenvalue weighted by Crippen LogP contribution is -2.25. The third kappa shape index (κ3) is 2.60. The van der Waals surface area contributed by atoms with Crippen molar-refractivity contribution in [1.29, 1.82) is 0 Å². The molecule has 0 aromatic heterocycles. The highest BCUT2D eigenvalue weighted by molar-refractivity contribution is 5.44. The van der Waals surface area contributed by atoms with Crippen molar-refractivity contribution in [3.63, 3.8) is 0 Å². The highest BCUT2D eigenvalue weighted by Crippen LogP contribution is 2.37. The Bertz CT molecular complexity index is 408. The Hall–Kier alpha value is -1.26. The molecule has 3 rings (SSSR count). The molecule has 0 bridgehead atoms. The minimum Gasteiger partial charge on any atom is -0.493 e. The van der Waals surface area contributed by atoms with Gasteiger partial charge in [0, 0.05) is 6.42 Å². The molecule has 0 aliphatic carbocycles. The van der Waals surface area contributed by atoms with Crippen molar-refractivity contribution in [1.82, 2.24) is 0 Å². The lowest BCUT2D eigenvalue weighted by Gasteiger charge is -2.24. The van der Waals surface area contributed by atoms with Crippen LogP contribution in [0, 0.1) is 0 Å². The Morgan fingerprint density at radius 1 is 1.17 bits per heavy atom. The average Bonchev–Trinajstić information content (AvgIpc) is 3.25. The Morgan fingerprint density at radius 2 is 2.06 bits per heavy atom. The molecular formula is C14H18O4. The van der Waals surface area contributed by atoms with E-state index in [1.807, 2.05) is 18.2 Å². The Balaban J connectivity index is 1.73. The third-order valence-corrected chi connectivity index (χ3v) is 3.29. The molecule has 98 valence electrons. The summed E-state index contributed by atoms with van der Waals surface area (Å²) in [5.41, 5.74) is 1.14. The Kier molecular flexibility index (Phi) is 3.39. The van der Waals surface area contributed by atoms with E-state index in [9.17, 15) is 0 Å². The van der Waals surface area contributed by atoms with Crippen LogP contribution in [0.5, 0.6) is 11.5 Å². The molecule has 1 aromatic rings. The van der Waals surface area contributed by atoms with Crippen molar-refractivity contribution >= 4 is 0 Å². The largest absolute Gasteiger partial charge is 0.493 e. The molecule has 4 heteroatoms. The minimum atomic E-state index is -0.143. The standard InChI is InChI=1S/C14H18O4/c1-15-12-8-10(13-9-17-13)5-6-11(12)18-14-4-2-3-7-16-14/h5-6,8,13-14H,2-4,7,9H2,1H3. The van der Waals surface area contributed by atoms with E-state index in [1.54, 1.807) is 7.11 Å². The topological polar surface area (TPSA) is 40.2 Å². The molecule has 1 aromatic carbocycles. The number of hydrogen-bond donors (Lipinski definition) is 0. The maximum absolute atomic E-state index is 5.84. The van der Waals surface area contributed by atoms with Crippen molar-refractivity contribution in [2.24, 2.45) is 0 Å². The van der Waals surface area contributed by atoms with Gasteiger partial charge in [-0.2, -0.15) is 0 Å². The van der Waals surface area contributed by atoms with Gasteiger partial charge in [-0.1, -0.05) is 6.07 Å². The first-order valence-corrected chi connectivity index (χ1v) is 6.44. The summed E-state index contributed by atoms with van der Waals surface area (Å²) in [4.78, 5) is 0. The fourth-order valence-corrected chi connectivity index (χ4v) is 2.17. The lowest BCUT2D eigenvalue weighted by molar-refractivity contribution is -0.106. The van der Waals surface area contributed by atoms with Crippen molar-refractivity contribution in [3.05, 3.63) is 23.8 Å². The quantitative estimate of drug-likeness (QED) is 0.770. The molecule has 0 spiro atoms. The second-order valence-corrected chi connectivity index (χ2v) is 4.65. The molecule has 2 unspecified atom stereocenters. The van der Waals surface area contributed by atoms with E-state index < -0.39 is 0 Å². The van der Waals surface area contributed by atoms with Crippen LogP contribution in [0.15, 0.2) is 18.2 Å². The predicted molar refractivity (Wildman–Crippen MR) is 65.9 cm³/mol. The van der Waals surface area contributed by atoms with Crippen LogP contribution < -0.4 is 9.47 Å². The zero-order chi connectivity index (χ0) is 12.4. The van der Waals surface area contributed by atoms with Gasteiger partial charge < -0.3 is 18.9 Å². The van der Waals surface area contributed by atoms with Crippen LogP contribution in [0.4, 0.5) is 0 Å². The normalized spacial score (nSPS) is 26.7. The molecule has 4 nitrogen and oxygen atoms in total. The Morgan fingerprint density at radius 3 is 2.72 bits per heavy atom. The summed E-state index contributed by atoms with van der Waals surface area (Å²) in [6.07, 6.45) is 3.31. The summed E-state index contributed by atoms with van der Waals surface area (Å²) in [6, 6.07) is 5.95. The summed E-state index contributed by atoms with van der Waals surface area (Å²) in [5.74, 6) is 1.49.